The van der Waals surface area contributed by atoms with E-state index in [4.69, 9.17) is 23.2 Å². The molecule has 1 amide bonds. The molecule has 9 heteroatoms. The van der Waals surface area contributed by atoms with E-state index in [1.807, 2.05) is 0 Å². The van der Waals surface area contributed by atoms with Gasteiger partial charge in [-0.15, -0.1) is 0 Å². The molecule has 2 rings (SSSR count). The van der Waals surface area contributed by atoms with Crippen LogP contribution >= 0.6 is 35.0 Å². The van der Waals surface area contributed by atoms with Crippen LogP contribution in [0.2, 0.25) is 10.2 Å². The van der Waals surface area contributed by atoms with Gasteiger partial charge in [0.25, 0.3) is 5.91 Å². The highest BCUT2D eigenvalue weighted by atomic mass is 35.5. The molecular formula is C12H14Cl2N2O3S2. The zero-order valence-corrected chi connectivity index (χ0v) is 14.4. The predicted octanol–water partition coefficient (Wildman–Crippen LogP) is 2.34. The van der Waals surface area contributed by atoms with Crippen molar-refractivity contribution in [2.24, 2.45) is 0 Å². The molecule has 0 spiro atoms. The smallest absolute Gasteiger partial charge is 0.256 e. The first-order valence-electron chi connectivity index (χ1n) is 6.28. The lowest BCUT2D eigenvalue weighted by molar-refractivity contribution is 0.0749. The standard InChI is InChI=1S/C12H14Cl2N2O3S2/c1-2-21(18,19)11-7-20-4-3-16(11)12(17)8-5-10(14)15-6-9(8)13/h5-6,11H,2-4,7H2,1H3. The molecule has 1 atom stereocenters. The molecule has 1 aliphatic heterocycles. The van der Waals surface area contributed by atoms with Crippen LogP contribution in [0.15, 0.2) is 12.3 Å². The van der Waals surface area contributed by atoms with Crippen molar-refractivity contribution in [3.05, 3.63) is 28.0 Å². The van der Waals surface area contributed by atoms with Crippen molar-refractivity contribution in [3.63, 3.8) is 0 Å². The largest absolute Gasteiger partial charge is 0.320 e. The Balaban J connectivity index is 2.37. The first-order chi connectivity index (χ1) is 9.86. The molecule has 0 N–H and O–H groups in total. The molecule has 1 aliphatic rings. The lowest BCUT2D eigenvalue weighted by Gasteiger charge is -2.34. The van der Waals surface area contributed by atoms with Crippen molar-refractivity contribution in [1.29, 1.82) is 0 Å². The van der Waals surface area contributed by atoms with Crippen LogP contribution in [0.4, 0.5) is 0 Å². The van der Waals surface area contributed by atoms with Crippen LogP contribution in [-0.4, -0.2) is 53.4 Å². The molecule has 0 aromatic carbocycles. The number of nitrogens with zero attached hydrogens (tertiary/aromatic N) is 2. The summed E-state index contributed by atoms with van der Waals surface area (Å²) >= 11 is 13.3. The Morgan fingerprint density at radius 2 is 2.24 bits per heavy atom. The lowest BCUT2D eigenvalue weighted by Crippen LogP contribution is -2.50. The fraction of sp³-hybridized carbons (Fsp3) is 0.500. The van der Waals surface area contributed by atoms with Crippen LogP contribution in [0, 0.1) is 0 Å². The van der Waals surface area contributed by atoms with Crippen LogP contribution in [-0.2, 0) is 9.84 Å². The zero-order valence-electron chi connectivity index (χ0n) is 11.3. The molecule has 1 fully saturated rings. The molecule has 1 saturated heterocycles. The second kappa shape index (κ2) is 6.73. The van der Waals surface area contributed by atoms with Gasteiger partial charge in [-0.1, -0.05) is 30.1 Å². The van der Waals surface area contributed by atoms with Gasteiger partial charge in [-0.3, -0.25) is 4.79 Å². The number of halogens is 2. The average molecular weight is 369 g/mol. The van der Waals surface area contributed by atoms with E-state index in [0.29, 0.717) is 18.1 Å². The summed E-state index contributed by atoms with van der Waals surface area (Å²) in [7, 11) is -3.35. The highest BCUT2D eigenvalue weighted by Crippen LogP contribution is 2.26. The first kappa shape index (κ1) is 16.9. The van der Waals surface area contributed by atoms with Gasteiger partial charge in [0.15, 0.2) is 9.84 Å². The Kier molecular flexibility index (Phi) is 5.40. The van der Waals surface area contributed by atoms with Crippen LogP contribution < -0.4 is 0 Å². The fourth-order valence-electron chi connectivity index (χ4n) is 2.04. The van der Waals surface area contributed by atoms with Gasteiger partial charge >= 0.3 is 0 Å². The topological polar surface area (TPSA) is 67.3 Å². The summed E-state index contributed by atoms with van der Waals surface area (Å²) in [5.74, 6) is 0.634. The van der Waals surface area contributed by atoms with E-state index in [1.54, 1.807) is 6.92 Å². The van der Waals surface area contributed by atoms with Crippen molar-refractivity contribution in [2.75, 3.05) is 23.8 Å². The zero-order chi connectivity index (χ0) is 15.6. The third-order valence-electron chi connectivity index (χ3n) is 3.21. The number of rotatable bonds is 3. The van der Waals surface area contributed by atoms with Crippen molar-refractivity contribution < 1.29 is 13.2 Å². The molecule has 116 valence electrons. The minimum absolute atomic E-state index is 0.00710. The quantitative estimate of drug-likeness (QED) is 0.765. The number of amides is 1. The summed E-state index contributed by atoms with van der Waals surface area (Å²) in [6.07, 6.45) is 1.29. The van der Waals surface area contributed by atoms with Gasteiger partial charge in [0.1, 0.15) is 10.5 Å². The number of carbonyl (C=O) groups excluding carboxylic acids is 1. The maximum absolute atomic E-state index is 12.6. The number of hydrogen-bond acceptors (Lipinski definition) is 5. The maximum atomic E-state index is 12.6. The van der Waals surface area contributed by atoms with Gasteiger partial charge < -0.3 is 4.90 Å². The molecule has 0 bridgehead atoms. The summed E-state index contributed by atoms with van der Waals surface area (Å²) in [6.45, 7) is 1.94. The van der Waals surface area contributed by atoms with Gasteiger partial charge in [-0.05, 0) is 6.07 Å². The van der Waals surface area contributed by atoms with Crippen molar-refractivity contribution >= 4 is 50.7 Å². The van der Waals surface area contributed by atoms with Crippen molar-refractivity contribution in [1.82, 2.24) is 9.88 Å². The maximum Gasteiger partial charge on any atom is 0.256 e. The summed E-state index contributed by atoms with van der Waals surface area (Å²) < 4.78 is 24.3. The highest BCUT2D eigenvalue weighted by Gasteiger charge is 2.36. The van der Waals surface area contributed by atoms with E-state index >= 15 is 0 Å². The van der Waals surface area contributed by atoms with E-state index in [9.17, 15) is 13.2 Å². The normalized spacial score (nSPS) is 19.6. The summed E-state index contributed by atoms with van der Waals surface area (Å²) in [5.41, 5.74) is 0.180. The summed E-state index contributed by atoms with van der Waals surface area (Å²) in [5, 5.41) is -0.518. The number of pyridine rings is 1. The SMILES string of the molecule is CCS(=O)(=O)C1CSCCN1C(=O)c1cc(Cl)ncc1Cl. The minimum atomic E-state index is -3.35. The van der Waals surface area contributed by atoms with E-state index in [-0.39, 0.29) is 21.5 Å². The average Bonchev–Trinajstić information content (AvgIpc) is 2.49. The van der Waals surface area contributed by atoms with Gasteiger partial charge in [-0.2, -0.15) is 11.8 Å². The van der Waals surface area contributed by atoms with Gasteiger partial charge in [0.05, 0.1) is 10.6 Å². The molecule has 0 radical (unpaired) electrons. The van der Waals surface area contributed by atoms with Crippen LogP contribution in [0.1, 0.15) is 17.3 Å². The van der Waals surface area contributed by atoms with Crippen LogP contribution in [0.3, 0.4) is 0 Å². The third-order valence-corrected chi connectivity index (χ3v) is 7.01. The molecule has 0 saturated carbocycles. The van der Waals surface area contributed by atoms with E-state index < -0.39 is 21.1 Å². The van der Waals surface area contributed by atoms with Gasteiger partial charge in [0, 0.05) is 30.0 Å². The molecule has 1 unspecified atom stereocenters. The second-order valence-corrected chi connectivity index (χ2v) is 8.86. The highest BCUT2D eigenvalue weighted by molar-refractivity contribution is 8.01. The molecule has 2 heterocycles. The first-order valence-corrected chi connectivity index (χ1v) is 9.90. The van der Waals surface area contributed by atoms with E-state index in [2.05, 4.69) is 4.98 Å². The van der Waals surface area contributed by atoms with Crippen molar-refractivity contribution in [3.8, 4) is 0 Å². The fourth-order valence-corrected chi connectivity index (χ4v) is 5.34. The van der Waals surface area contributed by atoms with Gasteiger partial charge in [-0.25, -0.2) is 13.4 Å². The Morgan fingerprint density at radius 3 is 2.90 bits per heavy atom. The van der Waals surface area contributed by atoms with Crippen LogP contribution in [0.25, 0.3) is 0 Å². The number of hydrogen-bond donors (Lipinski definition) is 0. The number of sulfone groups is 1. The molecular weight excluding hydrogens is 355 g/mol. The molecule has 0 aliphatic carbocycles. The summed E-state index contributed by atoms with van der Waals surface area (Å²) in [4.78, 5) is 17.8. The minimum Gasteiger partial charge on any atom is -0.320 e. The predicted molar refractivity (Wildman–Crippen MR) is 85.9 cm³/mol. The number of aromatic nitrogens is 1. The Hall–Kier alpha value is -0.500. The summed E-state index contributed by atoms with van der Waals surface area (Å²) in [6, 6.07) is 1.36. The molecule has 1 aromatic rings. The van der Waals surface area contributed by atoms with E-state index in [0.717, 1.165) is 0 Å². The van der Waals surface area contributed by atoms with E-state index in [1.165, 1.54) is 28.9 Å². The second-order valence-electron chi connectivity index (χ2n) is 4.47. The molecule has 5 nitrogen and oxygen atoms in total. The Morgan fingerprint density at radius 1 is 1.52 bits per heavy atom. The number of thioether (sulfide) groups is 1. The molecule has 21 heavy (non-hydrogen) atoms. The van der Waals surface area contributed by atoms with Crippen molar-refractivity contribution in [2.45, 2.75) is 12.3 Å². The molecule has 1 aromatic heterocycles. The lowest BCUT2D eigenvalue weighted by atomic mass is 10.2. The van der Waals surface area contributed by atoms with Gasteiger partial charge in [0.2, 0.25) is 0 Å². The Bertz CT molecular complexity index is 652. The third kappa shape index (κ3) is 3.64. The Labute approximate surface area is 137 Å². The number of carbonyl (C=O) groups is 1. The monoisotopic (exact) mass is 368 g/mol. The van der Waals surface area contributed by atoms with Crippen LogP contribution in [0.5, 0.6) is 0 Å².